The summed E-state index contributed by atoms with van der Waals surface area (Å²) in [5.74, 6) is -0.134. The zero-order chi connectivity index (χ0) is 9.97. The van der Waals surface area contributed by atoms with E-state index in [9.17, 15) is 4.79 Å². The van der Waals surface area contributed by atoms with Gasteiger partial charge in [0.15, 0.2) is 0 Å². The molecule has 1 aromatic heterocycles. The molecular formula is C9H11N3O2. The van der Waals surface area contributed by atoms with Crippen LogP contribution < -0.4 is 4.90 Å². The molecule has 0 spiro atoms. The van der Waals surface area contributed by atoms with Crippen LogP contribution in [0.5, 0.6) is 0 Å². The van der Waals surface area contributed by atoms with Crippen LogP contribution in [0.3, 0.4) is 0 Å². The molecule has 1 aliphatic rings. The summed E-state index contributed by atoms with van der Waals surface area (Å²) < 4.78 is 0. The topological polar surface area (TPSA) is 66.3 Å². The Kier molecular flexibility index (Phi) is 2.30. The van der Waals surface area contributed by atoms with Crippen molar-refractivity contribution < 1.29 is 9.90 Å². The molecule has 2 heterocycles. The first-order valence-electron chi connectivity index (χ1n) is 4.54. The van der Waals surface area contributed by atoms with Gasteiger partial charge in [0.1, 0.15) is 11.9 Å². The van der Waals surface area contributed by atoms with Gasteiger partial charge < -0.3 is 10.0 Å². The van der Waals surface area contributed by atoms with Gasteiger partial charge in [-0.2, -0.15) is 0 Å². The van der Waals surface area contributed by atoms with Gasteiger partial charge in [-0.25, -0.2) is 9.78 Å². The number of carboxylic acid groups (broad SMARTS) is 1. The molecule has 0 aliphatic carbocycles. The van der Waals surface area contributed by atoms with Gasteiger partial charge in [0.05, 0.1) is 6.20 Å². The Morgan fingerprint density at radius 1 is 1.57 bits per heavy atom. The summed E-state index contributed by atoms with van der Waals surface area (Å²) in [6, 6.07) is -0.438. The smallest absolute Gasteiger partial charge is 0.326 e. The number of aliphatic carboxylic acids is 1. The minimum absolute atomic E-state index is 0.438. The number of carbonyl (C=O) groups is 1. The first kappa shape index (κ1) is 8.93. The van der Waals surface area contributed by atoms with Crippen molar-refractivity contribution in [1.82, 2.24) is 9.97 Å². The van der Waals surface area contributed by atoms with Crippen molar-refractivity contribution in [3.63, 3.8) is 0 Å². The third-order valence-electron chi connectivity index (χ3n) is 2.38. The minimum Gasteiger partial charge on any atom is -0.480 e. The Labute approximate surface area is 81.4 Å². The molecule has 5 nitrogen and oxygen atoms in total. The van der Waals surface area contributed by atoms with Crippen LogP contribution in [-0.2, 0) is 4.79 Å². The van der Waals surface area contributed by atoms with Crippen LogP contribution in [-0.4, -0.2) is 33.6 Å². The highest BCUT2D eigenvalue weighted by Gasteiger charge is 2.31. The second kappa shape index (κ2) is 3.61. The monoisotopic (exact) mass is 193 g/mol. The standard InChI is InChI=1S/C9H11N3O2/c13-9(14)7-2-1-5-12(7)8-6-10-3-4-11-8/h3-4,6-7H,1-2,5H2,(H,13,14)/t7-/m1/s1. The zero-order valence-corrected chi connectivity index (χ0v) is 7.63. The van der Waals surface area contributed by atoms with Crippen LogP contribution in [0.15, 0.2) is 18.6 Å². The second-order valence-corrected chi connectivity index (χ2v) is 3.25. The maximum Gasteiger partial charge on any atom is 0.326 e. The van der Waals surface area contributed by atoms with E-state index < -0.39 is 12.0 Å². The van der Waals surface area contributed by atoms with Crippen LogP contribution in [0.2, 0.25) is 0 Å². The lowest BCUT2D eigenvalue weighted by Gasteiger charge is -2.21. The molecule has 1 atom stereocenters. The summed E-state index contributed by atoms with van der Waals surface area (Å²) in [6.07, 6.45) is 6.34. The van der Waals surface area contributed by atoms with E-state index in [0.717, 1.165) is 13.0 Å². The number of rotatable bonds is 2. The van der Waals surface area contributed by atoms with Gasteiger partial charge in [0.25, 0.3) is 0 Å². The van der Waals surface area contributed by atoms with Crippen molar-refractivity contribution in [2.45, 2.75) is 18.9 Å². The van der Waals surface area contributed by atoms with E-state index in [0.29, 0.717) is 12.2 Å². The molecule has 0 aromatic carbocycles. The maximum absolute atomic E-state index is 10.9. The number of anilines is 1. The van der Waals surface area contributed by atoms with Crippen LogP contribution in [0.1, 0.15) is 12.8 Å². The average molecular weight is 193 g/mol. The second-order valence-electron chi connectivity index (χ2n) is 3.25. The van der Waals surface area contributed by atoms with Crippen molar-refractivity contribution in [3.8, 4) is 0 Å². The Bertz CT molecular complexity index is 328. The van der Waals surface area contributed by atoms with Crippen molar-refractivity contribution in [2.75, 3.05) is 11.4 Å². The molecule has 1 aliphatic heterocycles. The summed E-state index contributed by atoms with van der Waals surface area (Å²) >= 11 is 0. The molecule has 0 unspecified atom stereocenters. The van der Waals surface area contributed by atoms with Gasteiger partial charge in [-0.3, -0.25) is 4.98 Å². The van der Waals surface area contributed by atoms with Crippen LogP contribution in [0, 0.1) is 0 Å². The fourth-order valence-electron chi connectivity index (χ4n) is 1.74. The molecule has 14 heavy (non-hydrogen) atoms. The lowest BCUT2D eigenvalue weighted by molar-refractivity contribution is -0.138. The summed E-state index contributed by atoms with van der Waals surface area (Å²) in [6.45, 7) is 0.746. The van der Waals surface area contributed by atoms with E-state index in [1.54, 1.807) is 23.5 Å². The average Bonchev–Trinajstić information content (AvgIpc) is 2.67. The molecule has 0 bridgehead atoms. The van der Waals surface area contributed by atoms with Crippen molar-refractivity contribution in [1.29, 1.82) is 0 Å². The van der Waals surface area contributed by atoms with Gasteiger partial charge in [-0.15, -0.1) is 0 Å². The molecule has 5 heteroatoms. The predicted molar refractivity (Wildman–Crippen MR) is 50.0 cm³/mol. The lowest BCUT2D eigenvalue weighted by Crippen LogP contribution is -2.36. The third kappa shape index (κ3) is 1.53. The van der Waals surface area contributed by atoms with Crippen molar-refractivity contribution in [2.24, 2.45) is 0 Å². The predicted octanol–water partition coefficient (Wildman–Crippen LogP) is 0.530. The molecular weight excluding hydrogens is 182 g/mol. The fraction of sp³-hybridized carbons (Fsp3) is 0.444. The first-order valence-corrected chi connectivity index (χ1v) is 4.54. The highest BCUT2D eigenvalue weighted by molar-refractivity contribution is 5.78. The molecule has 0 amide bonds. The van der Waals surface area contributed by atoms with Gasteiger partial charge in [-0.05, 0) is 12.8 Å². The molecule has 1 fully saturated rings. The van der Waals surface area contributed by atoms with E-state index in [1.165, 1.54) is 0 Å². The maximum atomic E-state index is 10.9. The van der Waals surface area contributed by atoms with E-state index in [2.05, 4.69) is 9.97 Å². The third-order valence-corrected chi connectivity index (χ3v) is 2.38. The number of nitrogens with zero attached hydrogens (tertiary/aromatic N) is 3. The summed E-state index contributed by atoms with van der Waals surface area (Å²) in [7, 11) is 0. The van der Waals surface area contributed by atoms with E-state index >= 15 is 0 Å². The van der Waals surface area contributed by atoms with Crippen LogP contribution in [0.4, 0.5) is 5.82 Å². The van der Waals surface area contributed by atoms with Crippen LogP contribution >= 0.6 is 0 Å². The number of aromatic nitrogens is 2. The summed E-state index contributed by atoms with van der Waals surface area (Å²) in [5, 5.41) is 8.96. The fourth-order valence-corrected chi connectivity index (χ4v) is 1.74. The zero-order valence-electron chi connectivity index (χ0n) is 7.63. The Hall–Kier alpha value is -1.65. The minimum atomic E-state index is -0.784. The molecule has 74 valence electrons. The largest absolute Gasteiger partial charge is 0.480 e. The highest BCUT2D eigenvalue weighted by atomic mass is 16.4. The molecule has 1 N–H and O–H groups in total. The Morgan fingerprint density at radius 2 is 2.43 bits per heavy atom. The molecule has 1 aromatic rings. The lowest BCUT2D eigenvalue weighted by atomic mass is 10.2. The van der Waals surface area contributed by atoms with Crippen molar-refractivity contribution in [3.05, 3.63) is 18.6 Å². The van der Waals surface area contributed by atoms with Crippen molar-refractivity contribution >= 4 is 11.8 Å². The number of hydrogen-bond acceptors (Lipinski definition) is 4. The number of hydrogen-bond donors (Lipinski definition) is 1. The molecule has 0 saturated carbocycles. The van der Waals surface area contributed by atoms with Gasteiger partial charge in [0.2, 0.25) is 0 Å². The Balaban J connectivity index is 2.22. The normalized spacial score (nSPS) is 21.1. The quantitative estimate of drug-likeness (QED) is 0.742. The van der Waals surface area contributed by atoms with E-state index in [4.69, 9.17) is 5.11 Å². The molecule has 2 rings (SSSR count). The molecule has 0 radical (unpaired) electrons. The highest BCUT2D eigenvalue weighted by Crippen LogP contribution is 2.22. The van der Waals surface area contributed by atoms with E-state index in [1.807, 2.05) is 0 Å². The van der Waals surface area contributed by atoms with Gasteiger partial charge in [-0.1, -0.05) is 0 Å². The van der Waals surface area contributed by atoms with Crippen LogP contribution in [0.25, 0.3) is 0 Å². The SMILES string of the molecule is O=C(O)[C@H]1CCCN1c1cnccn1. The number of carboxylic acids is 1. The molecule has 1 saturated heterocycles. The summed E-state index contributed by atoms with van der Waals surface area (Å²) in [4.78, 5) is 20.7. The first-order chi connectivity index (χ1) is 6.79. The Morgan fingerprint density at radius 3 is 3.07 bits per heavy atom. The van der Waals surface area contributed by atoms with Gasteiger partial charge in [0, 0.05) is 18.9 Å². The van der Waals surface area contributed by atoms with E-state index in [-0.39, 0.29) is 0 Å². The summed E-state index contributed by atoms with van der Waals surface area (Å²) in [5.41, 5.74) is 0. The van der Waals surface area contributed by atoms with Gasteiger partial charge >= 0.3 is 5.97 Å².